The number of benzene rings is 1. The lowest BCUT2D eigenvalue weighted by Gasteiger charge is -2.39. The minimum absolute atomic E-state index is 0.0162. The van der Waals surface area contributed by atoms with Gasteiger partial charge in [-0.1, -0.05) is 20.8 Å². The van der Waals surface area contributed by atoms with Crippen molar-refractivity contribution in [2.75, 3.05) is 13.7 Å². The highest BCUT2D eigenvalue weighted by atomic mass is 19.1. The van der Waals surface area contributed by atoms with Gasteiger partial charge in [0.15, 0.2) is 5.43 Å². The number of fused-ring (bicyclic) bond motifs is 3. The lowest BCUT2D eigenvalue weighted by Crippen LogP contribution is -2.33. The normalized spacial score (nSPS) is 14.9. The molecule has 0 aliphatic carbocycles. The van der Waals surface area contributed by atoms with Crippen LogP contribution < -0.4 is 10.2 Å². The maximum atomic E-state index is 13.6. The molecule has 0 bridgehead atoms. The van der Waals surface area contributed by atoms with E-state index in [9.17, 15) is 14.0 Å². The molecule has 0 amide bonds. The number of rotatable bonds is 4. The number of esters is 1. The Balaban J connectivity index is 1.97. The van der Waals surface area contributed by atoms with E-state index in [1.165, 1.54) is 18.3 Å². The number of nitrogens with zero attached hydrogens (tertiary/aromatic N) is 2. The molecule has 0 saturated carbocycles. The topological polar surface area (TPSA) is 70.4 Å². The number of pyridine rings is 2. The zero-order valence-corrected chi connectivity index (χ0v) is 20.4. The summed E-state index contributed by atoms with van der Waals surface area (Å²) in [6.45, 7) is 10.1. The maximum absolute atomic E-state index is 13.6. The monoisotopic (exact) mass is 464 g/mol. The highest BCUT2D eigenvalue weighted by Crippen LogP contribution is 2.46. The van der Waals surface area contributed by atoms with E-state index in [2.05, 4.69) is 25.8 Å². The van der Waals surface area contributed by atoms with E-state index in [0.717, 1.165) is 33.5 Å². The van der Waals surface area contributed by atoms with Gasteiger partial charge in [0.05, 0.1) is 19.4 Å². The lowest BCUT2D eigenvalue weighted by atomic mass is 9.78. The third-order valence-electron chi connectivity index (χ3n) is 6.39. The molecule has 3 aromatic rings. The first-order valence-corrected chi connectivity index (χ1v) is 11.3. The van der Waals surface area contributed by atoms with Crippen molar-refractivity contribution >= 4 is 5.97 Å². The number of halogens is 1. The average Bonchev–Trinajstić information content (AvgIpc) is 2.76. The van der Waals surface area contributed by atoms with Gasteiger partial charge in [-0.2, -0.15) is 4.39 Å². The number of aromatic nitrogens is 2. The summed E-state index contributed by atoms with van der Waals surface area (Å²) in [7, 11) is 1.58. The molecule has 7 heteroatoms. The minimum atomic E-state index is -0.617. The van der Waals surface area contributed by atoms with Gasteiger partial charge < -0.3 is 14.0 Å². The Kier molecular flexibility index (Phi) is 6.06. The van der Waals surface area contributed by atoms with Gasteiger partial charge in [-0.15, -0.1) is 0 Å². The quantitative estimate of drug-likeness (QED) is 0.384. The Morgan fingerprint density at radius 1 is 1.18 bits per heavy atom. The molecule has 3 heterocycles. The highest BCUT2D eigenvalue weighted by Gasteiger charge is 2.34. The van der Waals surface area contributed by atoms with Crippen LogP contribution in [0, 0.1) is 18.3 Å². The van der Waals surface area contributed by atoms with Crippen LogP contribution >= 0.6 is 0 Å². The second-order valence-corrected chi connectivity index (χ2v) is 9.68. The van der Waals surface area contributed by atoms with Gasteiger partial charge in [0.1, 0.15) is 11.3 Å². The smallest absolute Gasteiger partial charge is 0.343 e. The number of methoxy groups -OCH3 is 1. The van der Waals surface area contributed by atoms with Crippen molar-refractivity contribution in [2.45, 2.75) is 47.1 Å². The number of carbonyl (C=O) groups excluding carboxylic acids is 1. The summed E-state index contributed by atoms with van der Waals surface area (Å²) in [4.78, 5) is 29.2. The molecule has 6 nitrogen and oxygen atoms in total. The Bertz CT molecular complexity index is 1340. The molecule has 178 valence electrons. The van der Waals surface area contributed by atoms with E-state index in [4.69, 9.17) is 9.47 Å². The zero-order chi connectivity index (χ0) is 24.8. The van der Waals surface area contributed by atoms with E-state index in [1.54, 1.807) is 20.2 Å². The number of aryl methyl sites for hydroxylation is 1. The van der Waals surface area contributed by atoms with Crippen LogP contribution in [0.1, 0.15) is 55.2 Å². The third-order valence-corrected chi connectivity index (χ3v) is 6.39. The molecule has 2 aromatic heterocycles. The van der Waals surface area contributed by atoms with Crippen LogP contribution in [0.5, 0.6) is 5.75 Å². The van der Waals surface area contributed by atoms with Crippen molar-refractivity contribution < 1.29 is 18.7 Å². The first kappa shape index (κ1) is 23.7. The Labute approximate surface area is 198 Å². The van der Waals surface area contributed by atoms with Gasteiger partial charge in [-0.25, -0.2) is 9.78 Å². The summed E-state index contributed by atoms with van der Waals surface area (Å²) in [6, 6.07) is 6.84. The fraction of sp³-hybridized carbons (Fsp3) is 0.370. The molecule has 1 aliphatic heterocycles. The van der Waals surface area contributed by atoms with E-state index in [0.29, 0.717) is 12.2 Å². The van der Waals surface area contributed by atoms with E-state index >= 15 is 0 Å². The average molecular weight is 465 g/mol. The maximum Gasteiger partial charge on any atom is 0.343 e. The van der Waals surface area contributed by atoms with E-state index in [-0.39, 0.29) is 29.1 Å². The largest absolute Gasteiger partial charge is 0.496 e. The zero-order valence-electron chi connectivity index (χ0n) is 20.4. The molecule has 0 N–H and O–H groups in total. The van der Waals surface area contributed by atoms with Crippen LogP contribution in [0.15, 0.2) is 41.5 Å². The van der Waals surface area contributed by atoms with Gasteiger partial charge in [-0.3, -0.25) is 4.79 Å². The van der Waals surface area contributed by atoms with Gasteiger partial charge in [-0.05, 0) is 55.0 Å². The molecule has 0 saturated heterocycles. The molecule has 0 fully saturated rings. The minimum Gasteiger partial charge on any atom is -0.496 e. The summed E-state index contributed by atoms with van der Waals surface area (Å²) in [6.07, 6.45) is 3.83. The first-order valence-electron chi connectivity index (χ1n) is 11.3. The molecule has 1 aliphatic rings. The van der Waals surface area contributed by atoms with Gasteiger partial charge in [0.2, 0.25) is 5.95 Å². The molecule has 0 radical (unpaired) electrons. The van der Waals surface area contributed by atoms with Crippen molar-refractivity contribution in [1.29, 1.82) is 0 Å². The molecule has 1 atom stereocenters. The third kappa shape index (κ3) is 4.11. The summed E-state index contributed by atoms with van der Waals surface area (Å²) in [5.74, 6) is -0.553. The van der Waals surface area contributed by atoms with Crippen molar-refractivity contribution in [3.8, 4) is 28.1 Å². The van der Waals surface area contributed by atoms with Crippen LogP contribution in [-0.4, -0.2) is 29.2 Å². The SMILES string of the molecule is CCOC(=O)c1cn2c(cc1=O)-c1cc(OC)c(-c3cnc(F)cc3C)cc1CC2C(C)(C)C. The molecule has 1 aromatic carbocycles. The molecule has 0 spiro atoms. The van der Waals surface area contributed by atoms with Crippen LogP contribution in [-0.2, 0) is 11.2 Å². The predicted octanol–water partition coefficient (Wildman–Crippen LogP) is 5.35. The fourth-order valence-electron chi connectivity index (χ4n) is 4.63. The van der Waals surface area contributed by atoms with E-state index < -0.39 is 11.9 Å². The Morgan fingerprint density at radius 3 is 2.53 bits per heavy atom. The second-order valence-electron chi connectivity index (χ2n) is 9.68. The van der Waals surface area contributed by atoms with Crippen molar-refractivity contribution in [3.05, 3.63) is 69.5 Å². The number of carbonyl (C=O) groups is 1. The molecular weight excluding hydrogens is 435 g/mol. The summed E-state index contributed by atoms with van der Waals surface area (Å²) in [5.41, 5.74) is 4.46. The first-order chi connectivity index (χ1) is 16.0. The van der Waals surface area contributed by atoms with Gasteiger partial charge in [0, 0.05) is 41.2 Å². The molecule has 34 heavy (non-hydrogen) atoms. The fourth-order valence-corrected chi connectivity index (χ4v) is 4.63. The number of hydrogen-bond donors (Lipinski definition) is 0. The predicted molar refractivity (Wildman–Crippen MR) is 129 cm³/mol. The standard InChI is InChI=1S/C27H29FN2O4/c1-7-34-26(32)20-14-30-21(12-22(20)31)17-11-23(33-6)18(19-13-29-25(28)8-15(19)2)9-16(17)10-24(30)27(3,4)5/h8-9,11-14,24H,7,10H2,1-6H3. The molecular formula is C27H29FN2O4. The van der Waals surface area contributed by atoms with Crippen LogP contribution in [0.25, 0.3) is 22.4 Å². The van der Waals surface area contributed by atoms with Crippen molar-refractivity contribution in [3.63, 3.8) is 0 Å². The van der Waals surface area contributed by atoms with Crippen molar-refractivity contribution in [1.82, 2.24) is 9.55 Å². The molecule has 4 rings (SSSR count). The highest BCUT2D eigenvalue weighted by molar-refractivity contribution is 5.90. The Morgan fingerprint density at radius 2 is 1.91 bits per heavy atom. The van der Waals surface area contributed by atoms with Crippen molar-refractivity contribution in [2.24, 2.45) is 5.41 Å². The van der Waals surface area contributed by atoms with Crippen LogP contribution in [0.3, 0.4) is 0 Å². The second kappa shape index (κ2) is 8.70. The van der Waals surface area contributed by atoms with Gasteiger partial charge >= 0.3 is 5.97 Å². The van der Waals surface area contributed by atoms with Gasteiger partial charge in [0.25, 0.3) is 0 Å². The number of ether oxygens (including phenoxy) is 2. The Hall–Kier alpha value is -3.48. The molecule has 1 unspecified atom stereocenters. The summed E-state index contributed by atoms with van der Waals surface area (Å²) in [5, 5.41) is 0. The van der Waals surface area contributed by atoms with Crippen LogP contribution in [0.4, 0.5) is 4.39 Å². The summed E-state index contributed by atoms with van der Waals surface area (Å²) >= 11 is 0. The van der Waals surface area contributed by atoms with E-state index in [1.807, 2.05) is 23.6 Å². The summed E-state index contributed by atoms with van der Waals surface area (Å²) < 4.78 is 26.5. The lowest BCUT2D eigenvalue weighted by molar-refractivity contribution is 0.0523. The van der Waals surface area contributed by atoms with Crippen LogP contribution in [0.2, 0.25) is 0 Å². The number of hydrogen-bond acceptors (Lipinski definition) is 5.